The molecule has 1 aliphatic rings. The van der Waals surface area contributed by atoms with E-state index < -0.39 is 0 Å². The van der Waals surface area contributed by atoms with Crippen LogP contribution in [0.15, 0.2) is 24.3 Å². The first-order valence-electron chi connectivity index (χ1n) is 8.39. The van der Waals surface area contributed by atoms with Crippen LogP contribution in [0.3, 0.4) is 0 Å². The summed E-state index contributed by atoms with van der Waals surface area (Å²) < 4.78 is 5.96. The molecule has 0 saturated heterocycles. The molecule has 2 heteroatoms. The first kappa shape index (κ1) is 16.4. The Hall–Kier alpha value is -1.02. The van der Waals surface area contributed by atoms with Gasteiger partial charge in [-0.15, -0.1) is 0 Å². The minimum atomic E-state index is 0.215. The highest BCUT2D eigenvalue weighted by Gasteiger charge is 2.29. The second-order valence-electron chi connectivity index (χ2n) is 7.55. The zero-order valence-electron chi connectivity index (χ0n) is 14.3. The van der Waals surface area contributed by atoms with E-state index in [9.17, 15) is 0 Å². The maximum Gasteiger partial charge on any atom is 0.124 e. The van der Waals surface area contributed by atoms with Gasteiger partial charge in [-0.05, 0) is 51.5 Å². The van der Waals surface area contributed by atoms with Gasteiger partial charge in [-0.3, -0.25) is 0 Å². The van der Waals surface area contributed by atoms with Crippen molar-refractivity contribution in [1.82, 2.24) is 5.32 Å². The van der Waals surface area contributed by atoms with E-state index in [1.54, 1.807) is 0 Å². The van der Waals surface area contributed by atoms with E-state index in [1.807, 2.05) is 0 Å². The van der Waals surface area contributed by atoms with Gasteiger partial charge >= 0.3 is 0 Å². The Balaban J connectivity index is 2.04. The van der Waals surface area contributed by atoms with Gasteiger partial charge in [0.05, 0.1) is 6.10 Å². The standard InChI is InChI=1S/C19H31NO/c1-14(2)21-18-11-7-6-10-17(18)15(3)20-16-9-8-12-19(4,5)13-16/h6-7,10-11,14-16,20H,8-9,12-13H2,1-5H3. The Morgan fingerprint density at radius 2 is 1.90 bits per heavy atom. The third-order valence-electron chi connectivity index (χ3n) is 4.44. The number of nitrogens with one attached hydrogen (secondary N) is 1. The maximum absolute atomic E-state index is 5.96. The molecule has 21 heavy (non-hydrogen) atoms. The third kappa shape index (κ3) is 4.74. The second kappa shape index (κ2) is 6.83. The Morgan fingerprint density at radius 1 is 1.19 bits per heavy atom. The van der Waals surface area contributed by atoms with Crippen molar-refractivity contribution in [2.45, 2.75) is 78.5 Å². The molecule has 0 radical (unpaired) electrons. The normalized spacial score (nSPS) is 23.0. The van der Waals surface area contributed by atoms with Crippen molar-refractivity contribution >= 4 is 0 Å². The lowest BCUT2D eigenvalue weighted by molar-refractivity contribution is 0.189. The van der Waals surface area contributed by atoms with Crippen molar-refractivity contribution in [2.24, 2.45) is 5.41 Å². The smallest absolute Gasteiger partial charge is 0.124 e. The van der Waals surface area contributed by atoms with Crippen LogP contribution in [-0.4, -0.2) is 12.1 Å². The Morgan fingerprint density at radius 3 is 2.57 bits per heavy atom. The molecule has 1 N–H and O–H groups in total. The summed E-state index contributed by atoms with van der Waals surface area (Å²) in [4.78, 5) is 0. The molecular weight excluding hydrogens is 258 g/mol. The van der Waals surface area contributed by atoms with Crippen LogP contribution in [0.5, 0.6) is 5.75 Å². The lowest BCUT2D eigenvalue weighted by Crippen LogP contribution is -2.38. The first-order chi connectivity index (χ1) is 9.87. The summed E-state index contributed by atoms with van der Waals surface area (Å²) >= 11 is 0. The molecule has 118 valence electrons. The van der Waals surface area contributed by atoms with E-state index in [-0.39, 0.29) is 6.10 Å². The van der Waals surface area contributed by atoms with Crippen molar-refractivity contribution in [2.75, 3.05) is 0 Å². The second-order valence-corrected chi connectivity index (χ2v) is 7.55. The van der Waals surface area contributed by atoms with Gasteiger partial charge in [-0.25, -0.2) is 0 Å². The molecular formula is C19H31NO. The minimum Gasteiger partial charge on any atom is -0.491 e. The van der Waals surface area contributed by atoms with Crippen molar-refractivity contribution < 1.29 is 4.74 Å². The fourth-order valence-electron chi connectivity index (χ4n) is 3.48. The molecule has 0 aromatic heterocycles. The highest BCUT2D eigenvalue weighted by Crippen LogP contribution is 2.36. The fourth-order valence-corrected chi connectivity index (χ4v) is 3.48. The Labute approximate surface area is 130 Å². The SMILES string of the molecule is CC(C)Oc1ccccc1C(C)NC1CCCC(C)(C)C1. The van der Waals surface area contributed by atoms with Crippen molar-refractivity contribution in [1.29, 1.82) is 0 Å². The fraction of sp³-hybridized carbons (Fsp3) is 0.684. The van der Waals surface area contributed by atoms with Crippen LogP contribution in [0.1, 0.15) is 71.9 Å². The molecule has 0 aliphatic heterocycles. The molecule has 2 unspecified atom stereocenters. The molecule has 1 aliphatic carbocycles. The number of rotatable bonds is 5. The number of benzene rings is 1. The topological polar surface area (TPSA) is 21.3 Å². The molecule has 2 rings (SSSR count). The van der Waals surface area contributed by atoms with Crippen molar-refractivity contribution in [3.63, 3.8) is 0 Å². The van der Waals surface area contributed by atoms with Gasteiger partial charge in [0.2, 0.25) is 0 Å². The molecule has 0 spiro atoms. The number of hydrogen-bond donors (Lipinski definition) is 1. The summed E-state index contributed by atoms with van der Waals surface area (Å²) in [5.41, 5.74) is 1.75. The lowest BCUT2D eigenvalue weighted by atomic mass is 9.75. The van der Waals surface area contributed by atoms with Gasteiger partial charge in [-0.1, -0.05) is 38.5 Å². The van der Waals surface area contributed by atoms with E-state index in [4.69, 9.17) is 4.74 Å². The molecule has 0 heterocycles. The summed E-state index contributed by atoms with van der Waals surface area (Å²) in [6.45, 7) is 11.2. The van der Waals surface area contributed by atoms with Gasteiger partial charge in [-0.2, -0.15) is 0 Å². The predicted octanol–water partition coefficient (Wildman–Crippen LogP) is 5.09. The summed E-state index contributed by atoms with van der Waals surface area (Å²) in [7, 11) is 0. The Bertz CT molecular complexity index is 453. The van der Waals surface area contributed by atoms with Gasteiger partial charge < -0.3 is 10.1 Å². The zero-order valence-corrected chi connectivity index (χ0v) is 14.3. The minimum absolute atomic E-state index is 0.215. The average molecular weight is 289 g/mol. The van der Waals surface area contributed by atoms with Crippen molar-refractivity contribution in [3.05, 3.63) is 29.8 Å². The third-order valence-corrected chi connectivity index (χ3v) is 4.44. The quantitative estimate of drug-likeness (QED) is 0.815. The van der Waals surface area contributed by atoms with Crippen LogP contribution in [-0.2, 0) is 0 Å². The van der Waals surface area contributed by atoms with Gasteiger partial charge in [0.15, 0.2) is 0 Å². The first-order valence-corrected chi connectivity index (χ1v) is 8.39. The Kier molecular flexibility index (Phi) is 5.32. The summed E-state index contributed by atoms with van der Waals surface area (Å²) in [6.07, 6.45) is 5.46. The van der Waals surface area contributed by atoms with Gasteiger partial charge in [0, 0.05) is 17.6 Å². The van der Waals surface area contributed by atoms with Crippen LogP contribution in [0.4, 0.5) is 0 Å². The van der Waals surface area contributed by atoms with Crippen LogP contribution >= 0.6 is 0 Å². The van der Waals surface area contributed by atoms with Crippen LogP contribution in [0.25, 0.3) is 0 Å². The highest BCUT2D eigenvalue weighted by molar-refractivity contribution is 5.35. The molecule has 1 aromatic carbocycles. The van der Waals surface area contributed by atoms with Crippen molar-refractivity contribution in [3.8, 4) is 5.75 Å². The lowest BCUT2D eigenvalue weighted by Gasteiger charge is -2.37. The van der Waals surface area contributed by atoms with Gasteiger partial charge in [0.1, 0.15) is 5.75 Å². The number of ether oxygens (including phenoxy) is 1. The molecule has 1 saturated carbocycles. The summed E-state index contributed by atoms with van der Waals surface area (Å²) in [6, 6.07) is 9.37. The van der Waals surface area contributed by atoms with Crippen LogP contribution in [0.2, 0.25) is 0 Å². The molecule has 2 atom stereocenters. The number of para-hydroxylation sites is 1. The summed E-state index contributed by atoms with van der Waals surface area (Å²) in [5, 5.41) is 3.82. The van der Waals surface area contributed by atoms with E-state index in [2.05, 4.69) is 64.2 Å². The summed E-state index contributed by atoms with van der Waals surface area (Å²) in [5.74, 6) is 1.02. The maximum atomic E-state index is 5.96. The van der Waals surface area contributed by atoms with Gasteiger partial charge in [0.25, 0.3) is 0 Å². The molecule has 1 fully saturated rings. The largest absolute Gasteiger partial charge is 0.491 e. The van der Waals surface area contributed by atoms with E-state index in [0.717, 1.165) is 5.75 Å². The molecule has 1 aromatic rings. The van der Waals surface area contributed by atoms with Crippen LogP contribution < -0.4 is 10.1 Å². The number of hydrogen-bond acceptors (Lipinski definition) is 2. The van der Waals surface area contributed by atoms with E-state index in [1.165, 1.54) is 31.2 Å². The highest BCUT2D eigenvalue weighted by atomic mass is 16.5. The monoisotopic (exact) mass is 289 g/mol. The molecule has 0 amide bonds. The molecule has 2 nitrogen and oxygen atoms in total. The van der Waals surface area contributed by atoms with E-state index in [0.29, 0.717) is 17.5 Å². The zero-order chi connectivity index (χ0) is 15.5. The average Bonchev–Trinajstić information content (AvgIpc) is 2.37. The molecule has 0 bridgehead atoms. The van der Waals surface area contributed by atoms with E-state index >= 15 is 0 Å². The van der Waals surface area contributed by atoms with Crippen LogP contribution in [0, 0.1) is 5.41 Å². The predicted molar refractivity (Wildman–Crippen MR) is 89.8 cm³/mol.